The molecular formula is C12H18O3. The van der Waals surface area contributed by atoms with Gasteiger partial charge in [-0.2, -0.15) is 0 Å². The highest BCUT2D eigenvalue weighted by Gasteiger charge is 2.03. The molecule has 0 heterocycles. The average molecular weight is 210 g/mol. The Balaban J connectivity index is 2.66. The van der Waals surface area contributed by atoms with E-state index in [1.54, 1.807) is 14.2 Å². The summed E-state index contributed by atoms with van der Waals surface area (Å²) < 4.78 is 15.8. The van der Waals surface area contributed by atoms with E-state index in [2.05, 4.69) is 6.92 Å². The summed E-state index contributed by atoms with van der Waals surface area (Å²) in [7, 11) is 3.26. The quantitative estimate of drug-likeness (QED) is 0.675. The molecule has 1 aromatic carbocycles. The molecule has 0 aromatic heterocycles. The highest BCUT2D eigenvalue weighted by molar-refractivity contribution is 5.42. The van der Waals surface area contributed by atoms with E-state index in [0.29, 0.717) is 6.61 Å². The Morgan fingerprint density at radius 1 is 1.07 bits per heavy atom. The average Bonchev–Trinajstić information content (AvgIpc) is 2.29. The molecule has 0 saturated heterocycles. The molecule has 0 bridgehead atoms. The van der Waals surface area contributed by atoms with Crippen LogP contribution in [0.2, 0.25) is 0 Å². The summed E-state index contributed by atoms with van der Waals surface area (Å²) in [6.45, 7) is 3.50. The minimum Gasteiger partial charge on any atom is -0.493 e. The first-order valence-electron chi connectivity index (χ1n) is 5.10. The lowest BCUT2D eigenvalue weighted by Gasteiger charge is -2.09. The first kappa shape index (κ1) is 11.9. The van der Waals surface area contributed by atoms with Crippen LogP contribution in [-0.4, -0.2) is 20.8 Å². The predicted octanol–water partition coefficient (Wildman–Crippen LogP) is 2.63. The van der Waals surface area contributed by atoms with Crippen molar-refractivity contribution in [3.8, 4) is 11.5 Å². The highest BCUT2D eigenvalue weighted by Crippen LogP contribution is 2.27. The van der Waals surface area contributed by atoms with E-state index in [0.717, 1.165) is 30.1 Å². The van der Waals surface area contributed by atoms with Gasteiger partial charge in [0.05, 0.1) is 20.8 Å². The zero-order chi connectivity index (χ0) is 11.1. The molecule has 0 aliphatic carbocycles. The summed E-state index contributed by atoms with van der Waals surface area (Å²) in [5, 5.41) is 0. The number of hydrogen-bond acceptors (Lipinski definition) is 3. The van der Waals surface area contributed by atoms with Gasteiger partial charge in [-0.25, -0.2) is 0 Å². The van der Waals surface area contributed by atoms with Gasteiger partial charge in [0.2, 0.25) is 0 Å². The predicted molar refractivity (Wildman–Crippen MR) is 59.5 cm³/mol. The third-order valence-corrected chi connectivity index (χ3v) is 2.07. The fraction of sp³-hybridized carbons (Fsp3) is 0.500. The van der Waals surface area contributed by atoms with Crippen LogP contribution in [0.1, 0.15) is 18.9 Å². The standard InChI is InChI=1S/C12H18O3/c1-4-7-15-9-10-5-6-11(13-2)12(8-10)14-3/h5-6,8H,4,7,9H2,1-3H3. The third kappa shape index (κ3) is 3.44. The number of methoxy groups -OCH3 is 2. The van der Waals surface area contributed by atoms with Gasteiger partial charge in [0.25, 0.3) is 0 Å². The lowest BCUT2D eigenvalue weighted by atomic mass is 10.2. The Hall–Kier alpha value is -1.22. The molecule has 0 atom stereocenters. The van der Waals surface area contributed by atoms with E-state index in [-0.39, 0.29) is 0 Å². The van der Waals surface area contributed by atoms with Crippen LogP contribution in [0.4, 0.5) is 0 Å². The summed E-state index contributed by atoms with van der Waals surface area (Å²) in [5.74, 6) is 1.49. The van der Waals surface area contributed by atoms with Crippen molar-refractivity contribution >= 4 is 0 Å². The maximum Gasteiger partial charge on any atom is 0.161 e. The molecule has 0 unspecified atom stereocenters. The number of ether oxygens (including phenoxy) is 3. The monoisotopic (exact) mass is 210 g/mol. The van der Waals surface area contributed by atoms with Gasteiger partial charge in [0, 0.05) is 6.61 Å². The largest absolute Gasteiger partial charge is 0.493 e. The Labute approximate surface area is 91.0 Å². The molecule has 3 heteroatoms. The molecule has 84 valence electrons. The molecule has 0 aliphatic heterocycles. The van der Waals surface area contributed by atoms with Crippen LogP contribution >= 0.6 is 0 Å². The second-order valence-corrected chi connectivity index (χ2v) is 3.24. The smallest absolute Gasteiger partial charge is 0.161 e. The Morgan fingerprint density at radius 3 is 2.40 bits per heavy atom. The van der Waals surface area contributed by atoms with Gasteiger partial charge in [0.1, 0.15) is 0 Å². The normalized spacial score (nSPS) is 10.1. The minimum absolute atomic E-state index is 0.619. The zero-order valence-corrected chi connectivity index (χ0v) is 9.58. The summed E-state index contributed by atoms with van der Waals surface area (Å²) in [6, 6.07) is 5.81. The van der Waals surface area contributed by atoms with Crippen molar-refractivity contribution in [1.29, 1.82) is 0 Å². The van der Waals surface area contributed by atoms with Gasteiger partial charge >= 0.3 is 0 Å². The van der Waals surface area contributed by atoms with Crippen molar-refractivity contribution in [2.24, 2.45) is 0 Å². The van der Waals surface area contributed by atoms with E-state index < -0.39 is 0 Å². The maximum atomic E-state index is 5.45. The molecule has 15 heavy (non-hydrogen) atoms. The molecule has 0 spiro atoms. The molecule has 0 aliphatic rings. The van der Waals surface area contributed by atoms with Crippen molar-refractivity contribution in [2.75, 3.05) is 20.8 Å². The highest BCUT2D eigenvalue weighted by atomic mass is 16.5. The maximum absolute atomic E-state index is 5.45. The lowest BCUT2D eigenvalue weighted by molar-refractivity contribution is 0.121. The summed E-state index contributed by atoms with van der Waals surface area (Å²) >= 11 is 0. The zero-order valence-electron chi connectivity index (χ0n) is 9.58. The van der Waals surface area contributed by atoms with Gasteiger partial charge in [-0.05, 0) is 24.1 Å². The van der Waals surface area contributed by atoms with Crippen molar-refractivity contribution < 1.29 is 14.2 Å². The summed E-state index contributed by atoms with van der Waals surface area (Å²) in [6.07, 6.45) is 1.04. The van der Waals surface area contributed by atoms with Gasteiger partial charge in [-0.3, -0.25) is 0 Å². The number of hydrogen-bond donors (Lipinski definition) is 0. The van der Waals surface area contributed by atoms with Crippen molar-refractivity contribution in [3.05, 3.63) is 23.8 Å². The lowest BCUT2D eigenvalue weighted by Crippen LogP contribution is -1.96. The Kier molecular flexibility index (Phi) is 4.98. The molecule has 0 saturated carbocycles. The molecule has 0 amide bonds. The van der Waals surface area contributed by atoms with Crippen LogP contribution in [0.5, 0.6) is 11.5 Å². The molecular weight excluding hydrogens is 192 g/mol. The van der Waals surface area contributed by atoms with E-state index in [1.807, 2.05) is 18.2 Å². The van der Waals surface area contributed by atoms with Gasteiger partial charge < -0.3 is 14.2 Å². The van der Waals surface area contributed by atoms with Crippen LogP contribution in [0, 0.1) is 0 Å². The molecule has 3 nitrogen and oxygen atoms in total. The molecule has 1 rings (SSSR count). The fourth-order valence-corrected chi connectivity index (χ4v) is 1.30. The molecule has 0 fully saturated rings. The Morgan fingerprint density at radius 2 is 1.80 bits per heavy atom. The van der Waals surface area contributed by atoms with Gasteiger partial charge in [0.15, 0.2) is 11.5 Å². The summed E-state index contributed by atoms with van der Waals surface area (Å²) in [5.41, 5.74) is 1.10. The first-order chi connectivity index (χ1) is 7.31. The first-order valence-corrected chi connectivity index (χ1v) is 5.10. The molecule has 0 N–H and O–H groups in total. The van der Waals surface area contributed by atoms with E-state index in [1.165, 1.54) is 0 Å². The fourth-order valence-electron chi connectivity index (χ4n) is 1.30. The van der Waals surface area contributed by atoms with Gasteiger partial charge in [-0.15, -0.1) is 0 Å². The van der Waals surface area contributed by atoms with Crippen molar-refractivity contribution in [2.45, 2.75) is 20.0 Å². The topological polar surface area (TPSA) is 27.7 Å². The van der Waals surface area contributed by atoms with E-state index in [4.69, 9.17) is 14.2 Å². The third-order valence-electron chi connectivity index (χ3n) is 2.07. The molecule has 1 aromatic rings. The van der Waals surface area contributed by atoms with Gasteiger partial charge in [-0.1, -0.05) is 13.0 Å². The van der Waals surface area contributed by atoms with Crippen molar-refractivity contribution in [3.63, 3.8) is 0 Å². The van der Waals surface area contributed by atoms with Crippen LogP contribution in [0.3, 0.4) is 0 Å². The van der Waals surface area contributed by atoms with Crippen molar-refractivity contribution in [1.82, 2.24) is 0 Å². The van der Waals surface area contributed by atoms with E-state index >= 15 is 0 Å². The van der Waals surface area contributed by atoms with Crippen LogP contribution < -0.4 is 9.47 Å². The minimum atomic E-state index is 0.619. The number of benzene rings is 1. The van der Waals surface area contributed by atoms with Crippen LogP contribution in [0.25, 0.3) is 0 Å². The summed E-state index contributed by atoms with van der Waals surface area (Å²) in [4.78, 5) is 0. The van der Waals surface area contributed by atoms with Crippen LogP contribution in [0.15, 0.2) is 18.2 Å². The SMILES string of the molecule is CCCOCc1ccc(OC)c(OC)c1. The molecule has 0 radical (unpaired) electrons. The second-order valence-electron chi connectivity index (χ2n) is 3.24. The van der Waals surface area contributed by atoms with Crippen LogP contribution in [-0.2, 0) is 11.3 Å². The number of rotatable bonds is 6. The second kappa shape index (κ2) is 6.30. The Bertz CT molecular complexity index is 297. The van der Waals surface area contributed by atoms with E-state index in [9.17, 15) is 0 Å².